The van der Waals surface area contributed by atoms with Crippen LogP contribution in [0.25, 0.3) is 0 Å². The predicted molar refractivity (Wildman–Crippen MR) is 72.2 cm³/mol. The van der Waals surface area contributed by atoms with Crippen molar-refractivity contribution in [2.24, 2.45) is 0 Å². The lowest BCUT2D eigenvalue weighted by atomic mass is 10.1. The maximum atomic E-state index is 13.1. The molecule has 0 saturated carbocycles. The van der Waals surface area contributed by atoms with Crippen LogP contribution in [0.2, 0.25) is 0 Å². The highest BCUT2D eigenvalue weighted by Gasteiger charge is 2.35. The number of rotatable bonds is 4. The highest BCUT2D eigenvalue weighted by molar-refractivity contribution is 9.08. The molecule has 0 heterocycles. The van der Waals surface area contributed by atoms with Crippen LogP contribution in [0.4, 0.5) is 18.9 Å². The maximum absolute atomic E-state index is 13.1. The largest absolute Gasteiger partial charge is 0.418 e. The number of anilines is 1. The van der Waals surface area contributed by atoms with Crippen molar-refractivity contribution in [3.8, 4) is 0 Å². The standard InChI is InChI=1S/C13H17BrF3N/c1-4-18(9(2)3)12-6-5-10(8-14)7-11(12)13(15,16)17/h5-7,9H,4,8H2,1-3H3. The van der Waals surface area contributed by atoms with Crippen LogP contribution in [-0.2, 0) is 11.5 Å². The van der Waals surface area contributed by atoms with Gasteiger partial charge in [-0.2, -0.15) is 13.2 Å². The molecule has 0 fully saturated rings. The molecular weight excluding hydrogens is 307 g/mol. The minimum absolute atomic E-state index is 0.0333. The lowest BCUT2D eigenvalue weighted by Crippen LogP contribution is -2.32. The number of hydrogen-bond donors (Lipinski definition) is 0. The molecule has 0 amide bonds. The van der Waals surface area contributed by atoms with Crippen molar-refractivity contribution in [1.82, 2.24) is 0 Å². The third-order valence-electron chi connectivity index (χ3n) is 2.79. The van der Waals surface area contributed by atoms with Gasteiger partial charge < -0.3 is 4.90 Å². The van der Waals surface area contributed by atoms with Gasteiger partial charge >= 0.3 is 6.18 Å². The van der Waals surface area contributed by atoms with Gasteiger partial charge in [-0.15, -0.1) is 0 Å². The summed E-state index contributed by atoms with van der Waals surface area (Å²) in [6, 6.07) is 4.54. The quantitative estimate of drug-likeness (QED) is 0.717. The van der Waals surface area contributed by atoms with Crippen LogP contribution in [0.3, 0.4) is 0 Å². The SMILES string of the molecule is CCN(c1ccc(CBr)cc1C(F)(F)F)C(C)C. The molecule has 1 rings (SSSR count). The van der Waals surface area contributed by atoms with Gasteiger partial charge in [-0.3, -0.25) is 0 Å². The molecule has 0 unspecified atom stereocenters. The topological polar surface area (TPSA) is 3.24 Å². The molecule has 0 atom stereocenters. The minimum atomic E-state index is -4.32. The highest BCUT2D eigenvalue weighted by Crippen LogP contribution is 2.38. The van der Waals surface area contributed by atoms with Crippen LogP contribution >= 0.6 is 15.9 Å². The fourth-order valence-corrected chi connectivity index (χ4v) is 2.31. The molecule has 0 spiro atoms. The van der Waals surface area contributed by atoms with Crippen LogP contribution in [0.1, 0.15) is 31.9 Å². The Hall–Kier alpha value is -0.710. The van der Waals surface area contributed by atoms with Gasteiger partial charge in [0.2, 0.25) is 0 Å². The zero-order chi connectivity index (χ0) is 13.9. The lowest BCUT2D eigenvalue weighted by molar-refractivity contribution is -0.137. The number of nitrogens with zero attached hydrogens (tertiary/aromatic N) is 1. The van der Waals surface area contributed by atoms with E-state index in [9.17, 15) is 13.2 Å². The molecule has 0 bridgehead atoms. The van der Waals surface area contributed by atoms with Gasteiger partial charge in [0.1, 0.15) is 0 Å². The Labute approximate surface area is 114 Å². The summed E-state index contributed by atoms with van der Waals surface area (Å²) < 4.78 is 39.2. The third kappa shape index (κ3) is 3.40. The molecule has 18 heavy (non-hydrogen) atoms. The predicted octanol–water partition coefficient (Wildman–Crippen LogP) is 4.84. The number of halogens is 4. The molecule has 102 valence electrons. The number of hydrogen-bond acceptors (Lipinski definition) is 1. The van der Waals surface area contributed by atoms with Crippen molar-refractivity contribution < 1.29 is 13.2 Å². The van der Waals surface area contributed by atoms with Crippen molar-refractivity contribution in [3.63, 3.8) is 0 Å². The van der Waals surface area contributed by atoms with E-state index in [0.717, 1.165) is 0 Å². The molecule has 0 aliphatic carbocycles. The van der Waals surface area contributed by atoms with Crippen molar-refractivity contribution in [3.05, 3.63) is 29.3 Å². The minimum Gasteiger partial charge on any atom is -0.369 e. The van der Waals surface area contributed by atoms with Gasteiger partial charge in [0.25, 0.3) is 0 Å². The lowest BCUT2D eigenvalue weighted by Gasteiger charge is -2.30. The molecule has 0 aliphatic heterocycles. The van der Waals surface area contributed by atoms with Gasteiger partial charge in [0.15, 0.2) is 0 Å². The molecule has 0 N–H and O–H groups in total. The second-order valence-electron chi connectivity index (χ2n) is 4.36. The van der Waals surface area contributed by atoms with Crippen molar-refractivity contribution in [1.29, 1.82) is 0 Å². The molecule has 0 saturated heterocycles. The van der Waals surface area contributed by atoms with Gasteiger partial charge in [-0.1, -0.05) is 22.0 Å². The first-order valence-corrected chi connectivity index (χ1v) is 6.96. The summed E-state index contributed by atoms with van der Waals surface area (Å²) in [6.07, 6.45) is -4.32. The summed E-state index contributed by atoms with van der Waals surface area (Å²) in [6.45, 7) is 6.19. The zero-order valence-electron chi connectivity index (χ0n) is 10.7. The first kappa shape index (κ1) is 15.3. The van der Waals surface area contributed by atoms with E-state index in [0.29, 0.717) is 17.4 Å². The van der Waals surface area contributed by atoms with E-state index in [2.05, 4.69) is 15.9 Å². The van der Waals surface area contributed by atoms with Crippen LogP contribution in [-0.4, -0.2) is 12.6 Å². The van der Waals surface area contributed by atoms with E-state index in [1.54, 1.807) is 17.0 Å². The summed E-state index contributed by atoms with van der Waals surface area (Å²) in [4.78, 5) is 1.75. The van der Waals surface area contributed by atoms with Gasteiger partial charge in [-0.05, 0) is 38.5 Å². The first-order chi connectivity index (χ1) is 8.31. The summed E-state index contributed by atoms with van der Waals surface area (Å²) in [5.41, 5.74) is 0.325. The molecule has 1 aromatic rings. The highest BCUT2D eigenvalue weighted by atomic mass is 79.9. The summed E-state index contributed by atoms with van der Waals surface area (Å²) in [5.74, 6) is 0. The Bertz CT molecular complexity index is 402. The Morgan fingerprint density at radius 2 is 1.89 bits per heavy atom. The first-order valence-electron chi connectivity index (χ1n) is 5.84. The molecule has 0 radical (unpaired) electrons. The van der Waals surface area contributed by atoms with E-state index >= 15 is 0 Å². The van der Waals surface area contributed by atoms with E-state index in [1.807, 2.05) is 20.8 Å². The Balaban J connectivity index is 3.34. The fourth-order valence-electron chi connectivity index (χ4n) is 1.96. The molecular formula is C13H17BrF3N. The van der Waals surface area contributed by atoms with Gasteiger partial charge in [0, 0.05) is 23.6 Å². The molecule has 0 aromatic heterocycles. The van der Waals surface area contributed by atoms with Crippen LogP contribution in [0.5, 0.6) is 0 Å². The van der Waals surface area contributed by atoms with E-state index < -0.39 is 11.7 Å². The molecule has 1 nitrogen and oxygen atoms in total. The van der Waals surface area contributed by atoms with E-state index in [4.69, 9.17) is 0 Å². The Morgan fingerprint density at radius 3 is 2.28 bits per heavy atom. The van der Waals surface area contributed by atoms with Crippen molar-refractivity contribution in [2.75, 3.05) is 11.4 Å². The molecule has 1 aromatic carbocycles. The van der Waals surface area contributed by atoms with Crippen LogP contribution < -0.4 is 4.90 Å². The average Bonchev–Trinajstić information content (AvgIpc) is 2.28. The third-order valence-corrected chi connectivity index (χ3v) is 3.44. The summed E-state index contributed by atoms with van der Waals surface area (Å²) in [5, 5.41) is 0.421. The number of alkyl halides is 4. The summed E-state index contributed by atoms with van der Waals surface area (Å²) in [7, 11) is 0. The molecule has 5 heteroatoms. The smallest absolute Gasteiger partial charge is 0.369 e. The van der Waals surface area contributed by atoms with E-state index in [1.165, 1.54) is 6.07 Å². The Morgan fingerprint density at radius 1 is 1.28 bits per heavy atom. The second-order valence-corrected chi connectivity index (χ2v) is 4.92. The van der Waals surface area contributed by atoms with E-state index in [-0.39, 0.29) is 11.7 Å². The van der Waals surface area contributed by atoms with Crippen LogP contribution in [0, 0.1) is 0 Å². The van der Waals surface area contributed by atoms with Gasteiger partial charge in [-0.25, -0.2) is 0 Å². The Kier molecular flexibility index (Phi) is 5.08. The maximum Gasteiger partial charge on any atom is 0.418 e. The second kappa shape index (κ2) is 5.95. The van der Waals surface area contributed by atoms with Crippen molar-refractivity contribution >= 4 is 21.6 Å². The number of benzene rings is 1. The zero-order valence-corrected chi connectivity index (χ0v) is 12.3. The van der Waals surface area contributed by atoms with Crippen molar-refractivity contribution in [2.45, 2.75) is 38.3 Å². The monoisotopic (exact) mass is 323 g/mol. The normalized spacial score (nSPS) is 12.0. The molecule has 0 aliphatic rings. The fraction of sp³-hybridized carbons (Fsp3) is 0.538. The van der Waals surface area contributed by atoms with Gasteiger partial charge in [0.05, 0.1) is 5.56 Å². The van der Waals surface area contributed by atoms with Crippen LogP contribution in [0.15, 0.2) is 18.2 Å². The average molecular weight is 324 g/mol. The summed E-state index contributed by atoms with van der Waals surface area (Å²) >= 11 is 3.19.